The van der Waals surface area contributed by atoms with Crippen LogP contribution in [-0.2, 0) is 4.79 Å². The molecule has 0 bridgehead atoms. The highest BCUT2D eigenvalue weighted by molar-refractivity contribution is 5.76. The van der Waals surface area contributed by atoms with E-state index in [4.69, 9.17) is 4.74 Å². The number of Topliss-reactive ketones (excluding diaryl/α,β-unsaturated/α-hetero) is 1. The fourth-order valence-corrected chi connectivity index (χ4v) is 3.53. The van der Waals surface area contributed by atoms with Crippen LogP contribution >= 0.6 is 0 Å². The first-order valence-corrected chi connectivity index (χ1v) is 10.1. The van der Waals surface area contributed by atoms with E-state index in [1.807, 2.05) is 55.0 Å². The zero-order chi connectivity index (χ0) is 21.0. The van der Waals surface area contributed by atoms with E-state index in [1.165, 1.54) is 6.20 Å². The normalized spacial score (nSPS) is 17.3. The maximum Gasteiger partial charge on any atom is 0.227 e. The van der Waals surface area contributed by atoms with Crippen LogP contribution in [0.15, 0.2) is 30.5 Å². The quantitative estimate of drug-likeness (QED) is 0.672. The number of hydrogen-bond donors (Lipinski definition) is 0. The minimum atomic E-state index is -0.414. The van der Waals surface area contributed by atoms with Crippen molar-refractivity contribution in [3.8, 4) is 5.75 Å². The Balaban J connectivity index is 1.62. The molecule has 6 nitrogen and oxygen atoms in total. The lowest BCUT2D eigenvalue weighted by Gasteiger charge is -2.21. The number of anilines is 2. The van der Waals surface area contributed by atoms with Crippen LogP contribution in [0.5, 0.6) is 5.75 Å². The second kappa shape index (κ2) is 9.20. The summed E-state index contributed by atoms with van der Waals surface area (Å²) in [6.45, 7) is 7.67. The minimum Gasteiger partial charge on any atom is -0.489 e. The summed E-state index contributed by atoms with van der Waals surface area (Å²) in [5, 5.41) is 0. The van der Waals surface area contributed by atoms with Crippen molar-refractivity contribution < 1.29 is 13.9 Å². The molecule has 29 heavy (non-hydrogen) atoms. The van der Waals surface area contributed by atoms with Gasteiger partial charge in [0.2, 0.25) is 5.95 Å². The minimum absolute atomic E-state index is 0.0304. The van der Waals surface area contributed by atoms with Crippen LogP contribution in [0.3, 0.4) is 0 Å². The summed E-state index contributed by atoms with van der Waals surface area (Å²) < 4.78 is 20.4. The summed E-state index contributed by atoms with van der Waals surface area (Å²) in [6.07, 6.45) is 2.54. The van der Waals surface area contributed by atoms with Crippen LogP contribution in [0, 0.1) is 5.82 Å². The Morgan fingerprint density at radius 2 is 2.10 bits per heavy atom. The van der Waals surface area contributed by atoms with Crippen LogP contribution in [-0.4, -0.2) is 48.5 Å². The van der Waals surface area contributed by atoms with Gasteiger partial charge in [-0.05, 0) is 37.5 Å². The fourth-order valence-electron chi connectivity index (χ4n) is 3.53. The third-order valence-electron chi connectivity index (χ3n) is 5.32. The molecule has 1 aliphatic rings. The molecule has 0 radical (unpaired) electrons. The summed E-state index contributed by atoms with van der Waals surface area (Å²) in [7, 11) is 1.88. The Morgan fingerprint density at radius 3 is 2.76 bits per heavy atom. The SMILES string of the molecule is CCN(C)c1ncc(F)c(N2CC[C@@H](Oc3ccc([C@H](C)CC(C)=O)cc3)C2)n1. The molecule has 7 heteroatoms. The average molecular weight is 400 g/mol. The molecular weight excluding hydrogens is 371 g/mol. The van der Waals surface area contributed by atoms with E-state index in [9.17, 15) is 9.18 Å². The van der Waals surface area contributed by atoms with Gasteiger partial charge in [0.25, 0.3) is 0 Å². The molecule has 156 valence electrons. The second-order valence-electron chi connectivity index (χ2n) is 7.71. The summed E-state index contributed by atoms with van der Waals surface area (Å²) in [6, 6.07) is 7.89. The number of rotatable bonds is 8. The van der Waals surface area contributed by atoms with E-state index < -0.39 is 5.82 Å². The van der Waals surface area contributed by atoms with Gasteiger partial charge < -0.3 is 19.3 Å². The van der Waals surface area contributed by atoms with Gasteiger partial charge in [-0.25, -0.2) is 9.37 Å². The van der Waals surface area contributed by atoms with Crippen LogP contribution in [0.1, 0.15) is 45.1 Å². The Labute approximate surface area is 171 Å². The highest BCUT2D eigenvalue weighted by Gasteiger charge is 2.27. The van der Waals surface area contributed by atoms with E-state index in [0.717, 1.165) is 24.3 Å². The van der Waals surface area contributed by atoms with Crippen molar-refractivity contribution in [2.45, 2.75) is 45.6 Å². The standard InChI is InChI=1S/C22H29FN4O2/c1-5-26(4)22-24-13-20(23)21(25-22)27-11-10-19(14-27)29-18-8-6-17(7-9-18)15(2)12-16(3)28/h6-9,13,15,19H,5,10-12,14H2,1-4H3/t15-,19-/m1/s1. The molecule has 1 aromatic carbocycles. The van der Waals surface area contributed by atoms with Crippen molar-refractivity contribution in [2.24, 2.45) is 0 Å². The molecule has 0 unspecified atom stereocenters. The van der Waals surface area contributed by atoms with Gasteiger partial charge in [-0.1, -0.05) is 19.1 Å². The Kier molecular flexibility index (Phi) is 6.67. The molecule has 0 amide bonds. The molecule has 1 aromatic heterocycles. The van der Waals surface area contributed by atoms with E-state index >= 15 is 0 Å². The lowest BCUT2D eigenvalue weighted by molar-refractivity contribution is -0.117. The highest BCUT2D eigenvalue weighted by Crippen LogP contribution is 2.27. The van der Waals surface area contributed by atoms with Gasteiger partial charge in [0, 0.05) is 33.0 Å². The van der Waals surface area contributed by atoms with E-state index in [0.29, 0.717) is 31.3 Å². The third kappa shape index (κ3) is 5.22. The number of carbonyl (C=O) groups is 1. The Morgan fingerprint density at radius 1 is 1.38 bits per heavy atom. The van der Waals surface area contributed by atoms with E-state index in [2.05, 4.69) is 9.97 Å². The van der Waals surface area contributed by atoms with Crippen LogP contribution in [0.4, 0.5) is 16.2 Å². The Hall–Kier alpha value is -2.70. The van der Waals surface area contributed by atoms with Gasteiger partial charge in [-0.2, -0.15) is 4.98 Å². The zero-order valence-corrected chi connectivity index (χ0v) is 17.6. The molecule has 2 atom stereocenters. The van der Waals surface area contributed by atoms with E-state index in [1.54, 1.807) is 6.92 Å². The monoisotopic (exact) mass is 400 g/mol. The maximum atomic E-state index is 14.3. The fraction of sp³-hybridized carbons (Fsp3) is 0.500. The number of halogens is 1. The zero-order valence-electron chi connectivity index (χ0n) is 17.6. The molecule has 1 fully saturated rings. The van der Waals surface area contributed by atoms with Crippen molar-refractivity contribution >= 4 is 17.5 Å². The number of carbonyl (C=O) groups excluding carboxylic acids is 1. The second-order valence-corrected chi connectivity index (χ2v) is 7.71. The number of aromatic nitrogens is 2. The van der Waals surface area contributed by atoms with Crippen LogP contribution in [0.25, 0.3) is 0 Å². The van der Waals surface area contributed by atoms with Gasteiger partial charge in [0.05, 0.1) is 12.7 Å². The number of ketones is 1. The van der Waals surface area contributed by atoms with Gasteiger partial charge in [0.1, 0.15) is 17.6 Å². The predicted molar refractivity (Wildman–Crippen MR) is 112 cm³/mol. The third-order valence-corrected chi connectivity index (χ3v) is 5.32. The van der Waals surface area contributed by atoms with Gasteiger partial charge in [0.15, 0.2) is 11.6 Å². The largest absolute Gasteiger partial charge is 0.489 e. The van der Waals surface area contributed by atoms with Crippen molar-refractivity contribution in [2.75, 3.05) is 36.5 Å². The molecular formula is C22H29FN4O2. The molecule has 2 heterocycles. The first-order valence-electron chi connectivity index (χ1n) is 10.1. The molecule has 1 aliphatic heterocycles. The lowest BCUT2D eigenvalue weighted by atomic mass is 9.96. The Bertz CT molecular complexity index is 843. The van der Waals surface area contributed by atoms with Crippen LogP contribution in [0.2, 0.25) is 0 Å². The summed E-state index contributed by atoms with van der Waals surface area (Å²) in [4.78, 5) is 23.6. The molecule has 2 aromatic rings. The molecule has 3 rings (SSSR count). The van der Waals surface area contributed by atoms with Gasteiger partial charge >= 0.3 is 0 Å². The summed E-state index contributed by atoms with van der Waals surface area (Å²) in [5.41, 5.74) is 1.12. The first kappa shape index (κ1) is 21.0. The van der Waals surface area contributed by atoms with E-state index in [-0.39, 0.29) is 17.8 Å². The number of hydrogen-bond acceptors (Lipinski definition) is 6. The smallest absolute Gasteiger partial charge is 0.227 e. The highest BCUT2D eigenvalue weighted by atomic mass is 19.1. The maximum absolute atomic E-state index is 14.3. The molecule has 0 aliphatic carbocycles. The van der Waals surface area contributed by atoms with Crippen LogP contribution < -0.4 is 14.5 Å². The number of nitrogens with zero attached hydrogens (tertiary/aromatic N) is 4. The van der Waals surface area contributed by atoms with Crippen molar-refractivity contribution in [1.82, 2.24) is 9.97 Å². The lowest BCUT2D eigenvalue weighted by Crippen LogP contribution is -2.27. The molecule has 1 saturated heterocycles. The predicted octanol–water partition coefficient (Wildman–Crippen LogP) is 3.81. The van der Waals surface area contributed by atoms with Crippen molar-refractivity contribution in [3.05, 3.63) is 41.8 Å². The van der Waals surface area contributed by atoms with Gasteiger partial charge in [-0.3, -0.25) is 0 Å². The number of benzene rings is 1. The molecule has 0 saturated carbocycles. The van der Waals surface area contributed by atoms with Crippen molar-refractivity contribution in [3.63, 3.8) is 0 Å². The van der Waals surface area contributed by atoms with Crippen molar-refractivity contribution in [1.29, 1.82) is 0 Å². The summed E-state index contributed by atoms with van der Waals surface area (Å²) in [5.74, 6) is 1.60. The molecule has 0 N–H and O–H groups in total. The topological polar surface area (TPSA) is 58.6 Å². The average Bonchev–Trinajstić information content (AvgIpc) is 3.16. The summed E-state index contributed by atoms with van der Waals surface area (Å²) >= 11 is 0. The first-order chi connectivity index (χ1) is 13.9. The number of ether oxygens (including phenoxy) is 1. The van der Waals surface area contributed by atoms with Gasteiger partial charge in [-0.15, -0.1) is 0 Å². The molecule has 0 spiro atoms.